The minimum atomic E-state index is -0.384. The standard InChI is InChI=1S/C17H18FNO/c18-17-14(6-3-7-16(17)19)11-20-15-9-8-12-4-1-2-5-13(12)10-15/h3,6-10H,1-2,4-5,11,19H2. The second kappa shape index (κ2) is 5.53. The highest BCUT2D eigenvalue weighted by molar-refractivity contribution is 5.43. The average Bonchev–Trinajstić information content (AvgIpc) is 2.48. The van der Waals surface area contributed by atoms with Crippen molar-refractivity contribution in [3.8, 4) is 5.75 Å². The molecular formula is C17H18FNO. The van der Waals surface area contributed by atoms with Gasteiger partial charge in [-0.3, -0.25) is 0 Å². The topological polar surface area (TPSA) is 35.2 Å². The average molecular weight is 271 g/mol. The molecule has 3 heteroatoms. The van der Waals surface area contributed by atoms with Crippen LogP contribution in [-0.2, 0) is 19.4 Å². The number of nitrogen functional groups attached to an aromatic ring is 1. The minimum Gasteiger partial charge on any atom is -0.489 e. The zero-order chi connectivity index (χ0) is 13.9. The number of hydrogen-bond acceptors (Lipinski definition) is 2. The molecule has 2 aromatic rings. The number of aryl methyl sites for hydroxylation is 2. The van der Waals surface area contributed by atoms with Crippen molar-refractivity contribution in [2.24, 2.45) is 0 Å². The lowest BCUT2D eigenvalue weighted by Gasteiger charge is -2.17. The van der Waals surface area contributed by atoms with Gasteiger partial charge in [-0.15, -0.1) is 0 Å². The third-order valence-electron chi connectivity index (χ3n) is 3.82. The molecule has 0 aromatic heterocycles. The summed E-state index contributed by atoms with van der Waals surface area (Å²) < 4.78 is 19.5. The number of ether oxygens (including phenoxy) is 1. The van der Waals surface area contributed by atoms with Crippen LogP contribution in [0.3, 0.4) is 0 Å². The maximum Gasteiger partial charge on any atom is 0.152 e. The number of rotatable bonds is 3. The Labute approximate surface area is 118 Å². The Hall–Kier alpha value is -2.03. The fourth-order valence-corrected chi connectivity index (χ4v) is 2.67. The van der Waals surface area contributed by atoms with Crippen LogP contribution in [0.5, 0.6) is 5.75 Å². The Morgan fingerprint density at radius 2 is 1.85 bits per heavy atom. The van der Waals surface area contributed by atoms with E-state index in [9.17, 15) is 4.39 Å². The van der Waals surface area contributed by atoms with Crippen molar-refractivity contribution in [2.45, 2.75) is 32.3 Å². The van der Waals surface area contributed by atoms with Gasteiger partial charge in [-0.25, -0.2) is 4.39 Å². The number of halogens is 1. The molecule has 104 valence electrons. The molecule has 1 aliphatic carbocycles. The van der Waals surface area contributed by atoms with Crippen LogP contribution in [0.15, 0.2) is 36.4 Å². The van der Waals surface area contributed by atoms with Gasteiger partial charge in [0.05, 0.1) is 5.69 Å². The molecule has 2 aromatic carbocycles. The summed E-state index contributed by atoms with van der Waals surface area (Å²) in [6.07, 6.45) is 4.76. The summed E-state index contributed by atoms with van der Waals surface area (Å²) in [5, 5.41) is 0. The van der Waals surface area contributed by atoms with Crippen LogP contribution in [0.4, 0.5) is 10.1 Å². The summed E-state index contributed by atoms with van der Waals surface area (Å²) in [5.41, 5.74) is 8.98. The lowest BCUT2D eigenvalue weighted by atomic mass is 9.92. The van der Waals surface area contributed by atoms with Crippen molar-refractivity contribution in [3.63, 3.8) is 0 Å². The molecule has 1 aliphatic rings. The summed E-state index contributed by atoms with van der Waals surface area (Å²) in [7, 11) is 0. The first-order valence-corrected chi connectivity index (χ1v) is 7.01. The molecule has 0 amide bonds. The maximum atomic E-state index is 13.8. The summed E-state index contributed by atoms with van der Waals surface area (Å²) in [5.74, 6) is 0.415. The fraction of sp³-hybridized carbons (Fsp3) is 0.294. The minimum absolute atomic E-state index is 0.163. The summed E-state index contributed by atoms with van der Waals surface area (Å²) in [4.78, 5) is 0. The highest BCUT2D eigenvalue weighted by atomic mass is 19.1. The lowest BCUT2D eigenvalue weighted by molar-refractivity contribution is 0.299. The number of anilines is 1. The van der Waals surface area contributed by atoms with Gasteiger partial charge in [-0.2, -0.15) is 0 Å². The summed E-state index contributed by atoms with van der Waals surface area (Å²) in [6, 6.07) is 11.2. The van der Waals surface area contributed by atoms with E-state index in [1.165, 1.54) is 24.0 Å². The highest BCUT2D eigenvalue weighted by Gasteiger charge is 2.11. The second-order valence-corrected chi connectivity index (χ2v) is 5.25. The molecule has 0 saturated carbocycles. The third-order valence-corrected chi connectivity index (χ3v) is 3.82. The molecule has 0 fully saturated rings. The van der Waals surface area contributed by atoms with Gasteiger partial charge in [0, 0.05) is 5.56 Å². The fourth-order valence-electron chi connectivity index (χ4n) is 2.67. The van der Waals surface area contributed by atoms with E-state index in [1.807, 2.05) is 6.07 Å². The Bertz CT molecular complexity index is 624. The van der Waals surface area contributed by atoms with E-state index in [0.717, 1.165) is 18.6 Å². The van der Waals surface area contributed by atoms with E-state index >= 15 is 0 Å². The van der Waals surface area contributed by atoms with E-state index < -0.39 is 0 Å². The molecule has 20 heavy (non-hydrogen) atoms. The van der Waals surface area contributed by atoms with Crippen molar-refractivity contribution >= 4 is 5.69 Å². The van der Waals surface area contributed by atoms with Crippen molar-refractivity contribution < 1.29 is 9.13 Å². The SMILES string of the molecule is Nc1cccc(COc2ccc3c(c2)CCCC3)c1F. The molecule has 2 N–H and O–H groups in total. The van der Waals surface area contributed by atoms with Gasteiger partial charge in [0.25, 0.3) is 0 Å². The predicted molar refractivity (Wildman–Crippen MR) is 78.2 cm³/mol. The number of benzene rings is 2. The first-order chi connectivity index (χ1) is 9.74. The molecule has 0 saturated heterocycles. The van der Waals surface area contributed by atoms with Gasteiger partial charge in [0.1, 0.15) is 12.4 Å². The summed E-state index contributed by atoms with van der Waals surface area (Å²) >= 11 is 0. The van der Waals surface area contributed by atoms with Crippen molar-refractivity contribution in [1.29, 1.82) is 0 Å². The van der Waals surface area contributed by atoms with Crippen LogP contribution in [0.1, 0.15) is 29.5 Å². The molecule has 0 heterocycles. The zero-order valence-electron chi connectivity index (χ0n) is 11.4. The van der Waals surface area contributed by atoms with Crippen LogP contribution < -0.4 is 10.5 Å². The third kappa shape index (κ3) is 2.62. The molecule has 2 nitrogen and oxygen atoms in total. The Kier molecular flexibility index (Phi) is 3.59. The molecule has 0 aliphatic heterocycles. The summed E-state index contributed by atoms with van der Waals surface area (Å²) in [6.45, 7) is 0.204. The van der Waals surface area contributed by atoms with Crippen molar-refractivity contribution in [1.82, 2.24) is 0 Å². The zero-order valence-corrected chi connectivity index (χ0v) is 11.4. The number of nitrogens with two attached hydrogens (primary N) is 1. The molecule has 0 spiro atoms. The van der Waals surface area contributed by atoms with Crippen LogP contribution >= 0.6 is 0 Å². The normalized spacial score (nSPS) is 13.8. The van der Waals surface area contributed by atoms with Gasteiger partial charge in [0.15, 0.2) is 5.82 Å². The van der Waals surface area contributed by atoms with Crippen LogP contribution in [0.2, 0.25) is 0 Å². The molecule has 3 rings (SSSR count). The largest absolute Gasteiger partial charge is 0.489 e. The van der Waals surface area contributed by atoms with E-state index in [-0.39, 0.29) is 18.1 Å². The van der Waals surface area contributed by atoms with E-state index in [0.29, 0.717) is 5.56 Å². The highest BCUT2D eigenvalue weighted by Crippen LogP contribution is 2.26. The quantitative estimate of drug-likeness (QED) is 0.860. The molecular weight excluding hydrogens is 253 g/mol. The van der Waals surface area contributed by atoms with Crippen LogP contribution in [0.25, 0.3) is 0 Å². The first-order valence-electron chi connectivity index (χ1n) is 7.01. The maximum absolute atomic E-state index is 13.8. The predicted octanol–water partition coefficient (Wildman–Crippen LogP) is 3.87. The van der Waals surface area contributed by atoms with Gasteiger partial charge in [-0.05, 0) is 55.0 Å². The van der Waals surface area contributed by atoms with E-state index in [2.05, 4.69) is 12.1 Å². The van der Waals surface area contributed by atoms with Crippen LogP contribution in [-0.4, -0.2) is 0 Å². The Morgan fingerprint density at radius 1 is 1.05 bits per heavy atom. The second-order valence-electron chi connectivity index (χ2n) is 5.25. The van der Waals surface area contributed by atoms with E-state index in [1.54, 1.807) is 18.2 Å². The van der Waals surface area contributed by atoms with Gasteiger partial charge in [0.2, 0.25) is 0 Å². The molecule has 0 radical (unpaired) electrons. The number of fused-ring (bicyclic) bond motifs is 1. The van der Waals surface area contributed by atoms with Gasteiger partial charge < -0.3 is 10.5 Å². The van der Waals surface area contributed by atoms with Gasteiger partial charge >= 0.3 is 0 Å². The Morgan fingerprint density at radius 3 is 2.70 bits per heavy atom. The molecule has 0 atom stereocenters. The Balaban J connectivity index is 1.73. The smallest absolute Gasteiger partial charge is 0.152 e. The molecule has 0 unspecified atom stereocenters. The van der Waals surface area contributed by atoms with Crippen molar-refractivity contribution in [3.05, 3.63) is 58.9 Å². The van der Waals surface area contributed by atoms with Gasteiger partial charge in [-0.1, -0.05) is 18.2 Å². The monoisotopic (exact) mass is 271 g/mol. The lowest BCUT2D eigenvalue weighted by Crippen LogP contribution is -2.04. The van der Waals surface area contributed by atoms with Crippen LogP contribution in [0, 0.1) is 5.82 Å². The first kappa shape index (κ1) is 13.0. The van der Waals surface area contributed by atoms with E-state index in [4.69, 9.17) is 10.5 Å². The van der Waals surface area contributed by atoms with Crippen molar-refractivity contribution in [2.75, 3.05) is 5.73 Å². The molecule has 0 bridgehead atoms. The number of hydrogen-bond donors (Lipinski definition) is 1.